The quantitative estimate of drug-likeness (QED) is 0.911. The van der Waals surface area contributed by atoms with Gasteiger partial charge in [0.05, 0.1) is 19.6 Å². The smallest absolute Gasteiger partial charge is 0.305 e. The number of halogens is 2. The molecule has 4 nitrogen and oxygen atoms in total. The van der Waals surface area contributed by atoms with Gasteiger partial charge in [-0.05, 0) is 24.6 Å². The maximum atomic E-state index is 13.2. The third-order valence-electron chi connectivity index (χ3n) is 3.59. The molecular weight excluding hydrogens is 329 g/mol. The van der Waals surface area contributed by atoms with E-state index in [4.69, 9.17) is 9.84 Å². The molecule has 1 aliphatic heterocycles. The molecule has 0 spiro atoms. The first kappa shape index (κ1) is 15.4. The van der Waals surface area contributed by atoms with Gasteiger partial charge in [0.2, 0.25) is 0 Å². The number of hydrogen-bond acceptors (Lipinski definition) is 3. The number of rotatable bonds is 4. The average molecular weight is 346 g/mol. The van der Waals surface area contributed by atoms with E-state index in [1.807, 2.05) is 6.92 Å². The van der Waals surface area contributed by atoms with Crippen molar-refractivity contribution in [3.05, 3.63) is 34.1 Å². The van der Waals surface area contributed by atoms with Crippen molar-refractivity contribution in [2.45, 2.75) is 25.4 Å². The Kier molecular flexibility index (Phi) is 5.12. The Morgan fingerprint density at radius 3 is 3.05 bits per heavy atom. The molecule has 0 aliphatic carbocycles. The second kappa shape index (κ2) is 6.65. The summed E-state index contributed by atoms with van der Waals surface area (Å²) in [5.41, 5.74) is 0.948. The standard InChI is InChI=1S/C14H17BrFNO3/c1-9(12-3-2-10(16)6-13(12)15)17-4-5-20-8-11(17)7-14(18)19/h2-3,6,9,11H,4-5,7-8H2,1H3,(H,18,19). The van der Waals surface area contributed by atoms with Crippen LogP contribution in [0.3, 0.4) is 0 Å². The van der Waals surface area contributed by atoms with Gasteiger partial charge >= 0.3 is 5.97 Å². The number of carboxylic acids is 1. The second-order valence-corrected chi connectivity index (χ2v) is 5.76. The maximum absolute atomic E-state index is 13.2. The molecule has 0 aromatic heterocycles. The molecule has 0 saturated carbocycles. The first-order chi connectivity index (χ1) is 9.49. The minimum absolute atomic E-state index is 0.00164. The lowest BCUT2D eigenvalue weighted by Gasteiger charge is -2.39. The van der Waals surface area contributed by atoms with Crippen LogP contribution in [0.15, 0.2) is 22.7 Å². The Morgan fingerprint density at radius 2 is 2.40 bits per heavy atom. The summed E-state index contributed by atoms with van der Waals surface area (Å²) in [6.07, 6.45) is 0.0448. The van der Waals surface area contributed by atoms with Crippen molar-refractivity contribution in [1.29, 1.82) is 0 Å². The molecule has 2 unspecified atom stereocenters. The van der Waals surface area contributed by atoms with Crippen LogP contribution in [-0.4, -0.2) is 41.8 Å². The van der Waals surface area contributed by atoms with Crippen LogP contribution in [0, 0.1) is 5.82 Å². The van der Waals surface area contributed by atoms with E-state index in [2.05, 4.69) is 20.8 Å². The van der Waals surface area contributed by atoms with Crippen LogP contribution >= 0.6 is 15.9 Å². The van der Waals surface area contributed by atoms with E-state index < -0.39 is 5.97 Å². The Balaban J connectivity index is 2.20. The number of carbonyl (C=O) groups is 1. The van der Waals surface area contributed by atoms with Crippen LogP contribution in [0.25, 0.3) is 0 Å². The van der Waals surface area contributed by atoms with Gasteiger partial charge in [-0.25, -0.2) is 4.39 Å². The molecule has 2 rings (SSSR count). The van der Waals surface area contributed by atoms with Crippen molar-refractivity contribution >= 4 is 21.9 Å². The van der Waals surface area contributed by atoms with E-state index in [0.717, 1.165) is 5.56 Å². The molecule has 1 N–H and O–H groups in total. The second-order valence-electron chi connectivity index (χ2n) is 4.91. The van der Waals surface area contributed by atoms with Gasteiger partial charge in [0.15, 0.2) is 0 Å². The van der Waals surface area contributed by atoms with Crippen LogP contribution in [0.5, 0.6) is 0 Å². The molecule has 110 valence electrons. The van der Waals surface area contributed by atoms with Gasteiger partial charge in [-0.2, -0.15) is 0 Å². The fourth-order valence-corrected chi connectivity index (χ4v) is 3.26. The summed E-state index contributed by atoms with van der Waals surface area (Å²) in [6.45, 7) is 3.66. The molecule has 20 heavy (non-hydrogen) atoms. The summed E-state index contributed by atoms with van der Waals surface area (Å²) in [7, 11) is 0. The highest BCUT2D eigenvalue weighted by molar-refractivity contribution is 9.10. The number of ether oxygens (including phenoxy) is 1. The van der Waals surface area contributed by atoms with E-state index in [1.165, 1.54) is 12.1 Å². The zero-order valence-electron chi connectivity index (χ0n) is 11.2. The highest BCUT2D eigenvalue weighted by Crippen LogP contribution is 2.31. The third kappa shape index (κ3) is 3.56. The highest BCUT2D eigenvalue weighted by Gasteiger charge is 2.30. The van der Waals surface area contributed by atoms with Crippen LogP contribution in [0.2, 0.25) is 0 Å². The summed E-state index contributed by atoms with van der Waals surface area (Å²) in [5, 5.41) is 8.99. The van der Waals surface area contributed by atoms with Crippen molar-refractivity contribution in [1.82, 2.24) is 4.90 Å². The predicted octanol–water partition coefficient (Wildman–Crippen LogP) is 2.82. The molecule has 0 radical (unpaired) electrons. The molecule has 1 aromatic rings. The molecule has 0 amide bonds. The van der Waals surface area contributed by atoms with Gasteiger partial charge in [-0.15, -0.1) is 0 Å². The van der Waals surface area contributed by atoms with Gasteiger partial charge in [0.25, 0.3) is 0 Å². The summed E-state index contributed by atoms with van der Waals surface area (Å²) < 4.78 is 19.2. The lowest BCUT2D eigenvalue weighted by Crippen LogP contribution is -2.47. The van der Waals surface area contributed by atoms with Crippen LogP contribution in [-0.2, 0) is 9.53 Å². The first-order valence-corrected chi connectivity index (χ1v) is 7.28. The minimum Gasteiger partial charge on any atom is -0.481 e. The topological polar surface area (TPSA) is 49.8 Å². The number of hydrogen-bond donors (Lipinski definition) is 1. The van der Waals surface area contributed by atoms with Gasteiger partial charge in [-0.1, -0.05) is 22.0 Å². The van der Waals surface area contributed by atoms with Gasteiger partial charge in [0, 0.05) is 23.1 Å². The van der Waals surface area contributed by atoms with Crippen molar-refractivity contribution < 1.29 is 19.0 Å². The predicted molar refractivity (Wildman–Crippen MR) is 76.1 cm³/mol. The number of carboxylic acid groups (broad SMARTS) is 1. The Hall–Kier alpha value is -0.980. The van der Waals surface area contributed by atoms with Crippen molar-refractivity contribution in [2.24, 2.45) is 0 Å². The average Bonchev–Trinajstić information content (AvgIpc) is 2.38. The molecular formula is C14H17BrFNO3. The molecule has 2 atom stereocenters. The fraction of sp³-hybridized carbons (Fsp3) is 0.500. The van der Waals surface area contributed by atoms with Crippen molar-refractivity contribution in [3.63, 3.8) is 0 Å². The lowest BCUT2D eigenvalue weighted by atomic mass is 10.0. The highest BCUT2D eigenvalue weighted by atomic mass is 79.9. The molecule has 6 heteroatoms. The number of morpholine rings is 1. The SMILES string of the molecule is CC(c1ccc(F)cc1Br)N1CCOCC1CC(=O)O. The monoisotopic (exact) mass is 345 g/mol. The van der Waals surface area contributed by atoms with E-state index in [9.17, 15) is 9.18 Å². The number of aliphatic carboxylic acids is 1. The lowest BCUT2D eigenvalue weighted by molar-refractivity contribution is -0.140. The minimum atomic E-state index is -0.837. The fourth-order valence-electron chi connectivity index (χ4n) is 2.57. The van der Waals surface area contributed by atoms with Crippen LogP contribution in [0.4, 0.5) is 4.39 Å². The molecule has 1 aromatic carbocycles. The summed E-state index contributed by atoms with van der Waals surface area (Å²) in [4.78, 5) is 13.0. The van der Waals surface area contributed by atoms with Gasteiger partial charge in [0.1, 0.15) is 5.82 Å². The molecule has 1 aliphatic rings. The zero-order valence-corrected chi connectivity index (χ0v) is 12.8. The van der Waals surface area contributed by atoms with E-state index in [1.54, 1.807) is 6.07 Å². The number of benzene rings is 1. The van der Waals surface area contributed by atoms with E-state index >= 15 is 0 Å². The molecule has 1 heterocycles. The molecule has 1 saturated heterocycles. The Morgan fingerprint density at radius 1 is 1.65 bits per heavy atom. The normalized spacial score (nSPS) is 21.6. The summed E-state index contributed by atoms with van der Waals surface area (Å²) >= 11 is 3.37. The Bertz CT molecular complexity index is 497. The first-order valence-electron chi connectivity index (χ1n) is 6.49. The van der Waals surface area contributed by atoms with Crippen molar-refractivity contribution in [2.75, 3.05) is 19.8 Å². The molecule has 0 bridgehead atoms. The zero-order chi connectivity index (χ0) is 14.7. The van der Waals surface area contributed by atoms with E-state index in [0.29, 0.717) is 24.2 Å². The summed E-state index contributed by atoms with van der Waals surface area (Å²) in [5.74, 6) is -1.13. The van der Waals surface area contributed by atoms with Gasteiger partial charge in [-0.3, -0.25) is 9.69 Å². The van der Waals surface area contributed by atoms with Crippen LogP contribution < -0.4 is 0 Å². The van der Waals surface area contributed by atoms with Crippen molar-refractivity contribution in [3.8, 4) is 0 Å². The third-order valence-corrected chi connectivity index (χ3v) is 4.28. The summed E-state index contributed by atoms with van der Waals surface area (Å²) in [6, 6.07) is 4.42. The number of nitrogens with zero attached hydrogens (tertiary/aromatic N) is 1. The largest absolute Gasteiger partial charge is 0.481 e. The molecule has 1 fully saturated rings. The van der Waals surface area contributed by atoms with Gasteiger partial charge < -0.3 is 9.84 Å². The Labute approximate surface area is 125 Å². The maximum Gasteiger partial charge on any atom is 0.305 e. The van der Waals surface area contributed by atoms with Crippen LogP contribution in [0.1, 0.15) is 24.9 Å². The van der Waals surface area contributed by atoms with E-state index in [-0.39, 0.29) is 24.3 Å².